The van der Waals surface area contributed by atoms with Gasteiger partial charge in [0.05, 0.1) is 15.8 Å². The molecule has 2 aromatic carbocycles. The molecule has 2 amide bonds. The van der Waals surface area contributed by atoms with Crippen LogP contribution in [0, 0.1) is 5.92 Å². The standard InChI is InChI=1S/C24H29N3O4S2/c1-17-23(28)26-21-16-20(9-10-22(21)32-17)33(30,31)27-14-11-19(12-15-27)24(29)25-13-5-8-18-6-3-2-4-7-18/h2-4,6-7,9-10,16-17,19H,5,8,11-15H2,1H3,(H,25,29)(H,26,28)/t17-/m0/s1. The molecule has 0 radical (unpaired) electrons. The van der Waals surface area contributed by atoms with Crippen LogP contribution in [0.3, 0.4) is 0 Å². The number of hydrogen-bond acceptors (Lipinski definition) is 5. The third-order valence-corrected chi connectivity index (χ3v) is 9.20. The number of anilines is 1. The summed E-state index contributed by atoms with van der Waals surface area (Å²) in [6.45, 7) is 3.04. The summed E-state index contributed by atoms with van der Waals surface area (Å²) in [7, 11) is -3.69. The maximum absolute atomic E-state index is 13.1. The SMILES string of the molecule is C[C@@H]1Sc2ccc(S(=O)(=O)N3CCC(C(=O)NCCCc4ccccc4)CC3)cc2NC1=O. The lowest BCUT2D eigenvalue weighted by molar-refractivity contribution is -0.126. The molecule has 0 aromatic heterocycles. The number of fused-ring (bicyclic) bond motifs is 1. The predicted octanol–water partition coefficient (Wildman–Crippen LogP) is 3.27. The van der Waals surface area contributed by atoms with Crippen molar-refractivity contribution in [1.29, 1.82) is 0 Å². The highest BCUT2D eigenvalue weighted by Gasteiger charge is 2.33. The molecule has 7 nitrogen and oxygen atoms in total. The summed E-state index contributed by atoms with van der Waals surface area (Å²) in [4.78, 5) is 25.5. The van der Waals surface area contributed by atoms with Crippen LogP contribution in [0.5, 0.6) is 0 Å². The van der Waals surface area contributed by atoms with Crippen LogP contribution in [0.1, 0.15) is 31.7 Å². The second-order valence-electron chi connectivity index (χ2n) is 8.47. The number of nitrogens with one attached hydrogen (secondary N) is 2. The average molecular weight is 488 g/mol. The molecule has 2 aliphatic rings. The fourth-order valence-corrected chi connectivity index (χ4v) is 6.58. The van der Waals surface area contributed by atoms with Crippen LogP contribution >= 0.6 is 11.8 Å². The van der Waals surface area contributed by atoms with E-state index in [-0.39, 0.29) is 27.9 Å². The maximum atomic E-state index is 13.1. The number of hydrogen-bond donors (Lipinski definition) is 2. The molecular weight excluding hydrogens is 458 g/mol. The van der Waals surface area contributed by atoms with Crippen molar-refractivity contribution in [1.82, 2.24) is 9.62 Å². The highest BCUT2D eigenvalue weighted by Crippen LogP contribution is 2.37. The summed E-state index contributed by atoms with van der Waals surface area (Å²) in [5.41, 5.74) is 1.79. The first-order chi connectivity index (χ1) is 15.8. The Kier molecular flexibility index (Phi) is 7.41. The maximum Gasteiger partial charge on any atom is 0.243 e. The second-order valence-corrected chi connectivity index (χ2v) is 11.8. The van der Waals surface area contributed by atoms with Gasteiger partial charge in [-0.1, -0.05) is 30.3 Å². The van der Waals surface area contributed by atoms with Gasteiger partial charge >= 0.3 is 0 Å². The van der Waals surface area contributed by atoms with Crippen molar-refractivity contribution in [3.8, 4) is 0 Å². The van der Waals surface area contributed by atoms with E-state index in [9.17, 15) is 18.0 Å². The van der Waals surface area contributed by atoms with E-state index >= 15 is 0 Å². The van der Waals surface area contributed by atoms with Crippen LogP contribution in [0.2, 0.25) is 0 Å². The number of thioether (sulfide) groups is 1. The van der Waals surface area contributed by atoms with E-state index in [1.807, 2.05) is 25.1 Å². The Morgan fingerprint density at radius 3 is 2.61 bits per heavy atom. The lowest BCUT2D eigenvalue weighted by atomic mass is 9.97. The van der Waals surface area contributed by atoms with E-state index < -0.39 is 10.0 Å². The number of nitrogens with zero attached hydrogens (tertiary/aromatic N) is 1. The number of rotatable bonds is 7. The third-order valence-electron chi connectivity index (χ3n) is 6.13. The molecule has 0 aliphatic carbocycles. The van der Waals surface area contributed by atoms with Crippen LogP contribution in [0.4, 0.5) is 5.69 Å². The van der Waals surface area contributed by atoms with Crippen LogP contribution in [0.15, 0.2) is 58.3 Å². The van der Waals surface area contributed by atoms with Crippen molar-refractivity contribution in [2.24, 2.45) is 5.92 Å². The van der Waals surface area contributed by atoms with Gasteiger partial charge in [-0.3, -0.25) is 9.59 Å². The first kappa shape index (κ1) is 23.8. The molecular formula is C24H29N3O4S2. The van der Waals surface area contributed by atoms with Gasteiger partial charge in [-0.2, -0.15) is 4.31 Å². The number of piperidine rings is 1. The average Bonchev–Trinajstić information content (AvgIpc) is 2.83. The van der Waals surface area contributed by atoms with E-state index in [0.717, 1.165) is 17.7 Å². The Bertz CT molecular complexity index is 1110. The van der Waals surface area contributed by atoms with Gasteiger partial charge in [-0.25, -0.2) is 8.42 Å². The largest absolute Gasteiger partial charge is 0.356 e. The molecule has 1 saturated heterocycles. The predicted molar refractivity (Wildman–Crippen MR) is 130 cm³/mol. The van der Waals surface area contributed by atoms with Crippen molar-refractivity contribution in [2.75, 3.05) is 25.0 Å². The van der Waals surface area contributed by atoms with Gasteiger partial charge in [0.1, 0.15) is 0 Å². The molecule has 9 heteroatoms. The van der Waals surface area contributed by atoms with E-state index in [1.165, 1.54) is 27.7 Å². The molecule has 1 atom stereocenters. The molecule has 4 rings (SSSR count). The van der Waals surface area contributed by atoms with Gasteiger partial charge in [0.2, 0.25) is 21.8 Å². The quantitative estimate of drug-likeness (QED) is 0.585. The Balaban J connectivity index is 1.28. The summed E-state index contributed by atoms with van der Waals surface area (Å²) in [5.74, 6) is -0.297. The summed E-state index contributed by atoms with van der Waals surface area (Å²) in [5, 5.41) is 5.58. The van der Waals surface area contributed by atoms with Gasteiger partial charge in [-0.05, 0) is 56.4 Å². The van der Waals surface area contributed by atoms with Gasteiger partial charge in [0.15, 0.2) is 0 Å². The fourth-order valence-electron chi connectivity index (χ4n) is 4.15. The fraction of sp³-hybridized carbons (Fsp3) is 0.417. The smallest absolute Gasteiger partial charge is 0.243 e. The highest BCUT2D eigenvalue weighted by molar-refractivity contribution is 8.01. The summed E-state index contributed by atoms with van der Waals surface area (Å²) < 4.78 is 27.7. The number of carbonyl (C=O) groups is 2. The zero-order valence-corrected chi connectivity index (χ0v) is 20.3. The highest BCUT2D eigenvalue weighted by atomic mass is 32.2. The van der Waals surface area contributed by atoms with E-state index in [4.69, 9.17) is 0 Å². The number of amides is 2. The molecule has 176 valence electrons. The van der Waals surface area contributed by atoms with Gasteiger partial charge in [0.25, 0.3) is 0 Å². The van der Waals surface area contributed by atoms with E-state index in [2.05, 4.69) is 22.8 Å². The Morgan fingerprint density at radius 2 is 1.88 bits per heavy atom. The summed E-state index contributed by atoms with van der Waals surface area (Å²) in [6.07, 6.45) is 2.78. The minimum atomic E-state index is -3.69. The topological polar surface area (TPSA) is 95.6 Å². The van der Waals surface area contributed by atoms with Crippen LogP contribution < -0.4 is 10.6 Å². The van der Waals surface area contributed by atoms with Gasteiger partial charge in [-0.15, -0.1) is 11.8 Å². The molecule has 0 saturated carbocycles. The first-order valence-corrected chi connectivity index (χ1v) is 13.6. The molecule has 0 bridgehead atoms. The monoisotopic (exact) mass is 487 g/mol. The van der Waals surface area contributed by atoms with E-state index in [0.29, 0.717) is 38.2 Å². The minimum Gasteiger partial charge on any atom is -0.356 e. The van der Waals surface area contributed by atoms with Gasteiger partial charge in [0, 0.05) is 30.4 Å². The second kappa shape index (κ2) is 10.3. The van der Waals surface area contributed by atoms with Crippen LogP contribution in [0.25, 0.3) is 0 Å². The molecule has 33 heavy (non-hydrogen) atoms. The minimum absolute atomic E-state index is 0.00254. The van der Waals surface area contributed by atoms with Crippen molar-refractivity contribution in [3.05, 3.63) is 54.1 Å². The molecule has 2 N–H and O–H groups in total. The Hall–Kier alpha value is -2.36. The number of carbonyl (C=O) groups excluding carboxylic acids is 2. The lowest BCUT2D eigenvalue weighted by Gasteiger charge is -2.31. The third kappa shape index (κ3) is 5.59. The van der Waals surface area contributed by atoms with Crippen molar-refractivity contribution < 1.29 is 18.0 Å². The Labute approximate surface area is 199 Å². The first-order valence-electron chi connectivity index (χ1n) is 11.3. The molecule has 1 fully saturated rings. The molecule has 2 aromatic rings. The van der Waals surface area contributed by atoms with Crippen molar-refractivity contribution in [2.45, 2.75) is 47.6 Å². The Morgan fingerprint density at radius 1 is 1.15 bits per heavy atom. The number of aryl methyl sites for hydroxylation is 1. The van der Waals surface area contributed by atoms with Crippen LogP contribution in [-0.2, 0) is 26.0 Å². The molecule has 0 unspecified atom stereocenters. The number of sulfonamides is 1. The van der Waals surface area contributed by atoms with Crippen LogP contribution in [-0.4, -0.2) is 49.4 Å². The lowest BCUT2D eigenvalue weighted by Crippen LogP contribution is -2.43. The van der Waals surface area contributed by atoms with Crippen molar-refractivity contribution >= 4 is 39.3 Å². The molecule has 2 heterocycles. The normalized spacial score (nSPS) is 19.5. The zero-order valence-electron chi connectivity index (χ0n) is 18.6. The van der Waals surface area contributed by atoms with E-state index in [1.54, 1.807) is 12.1 Å². The zero-order chi connectivity index (χ0) is 23.4. The summed E-state index contributed by atoms with van der Waals surface area (Å²) in [6, 6.07) is 15.0. The number of benzene rings is 2. The summed E-state index contributed by atoms with van der Waals surface area (Å²) >= 11 is 1.42. The molecule has 0 spiro atoms. The molecule has 2 aliphatic heterocycles. The van der Waals surface area contributed by atoms with Crippen molar-refractivity contribution in [3.63, 3.8) is 0 Å². The van der Waals surface area contributed by atoms with Gasteiger partial charge < -0.3 is 10.6 Å².